The minimum absolute atomic E-state index is 0.176. The molecule has 0 aliphatic carbocycles. The van der Waals surface area contributed by atoms with E-state index in [0.717, 1.165) is 0 Å². The smallest absolute Gasteiger partial charge is 0.338 e. The third-order valence-corrected chi connectivity index (χ3v) is 2.67. The van der Waals surface area contributed by atoms with Gasteiger partial charge in [0.1, 0.15) is 6.07 Å². The van der Waals surface area contributed by atoms with Gasteiger partial charge in [0.2, 0.25) is 0 Å². The number of benzene rings is 1. The van der Waals surface area contributed by atoms with E-state index in [-0.39, 0.29) is 17.8 Å². The first-order chi connectivity index (χ1) is 9.52. The van der Waals surface area contributed by atoms with Gasteiger partial charge in [-0.15, -0.1) is 5.10 Å². The number of ether oxygens (including phenoxy) is 1. The molecule has 102 valence electrons. The van der Waals surface area contributed by atoms with Gasteiger partial charge in [-0.2, -0.15) is 5.26 Å². The van der Waals surface area contributed by atoms with Gasteiger partial charge >= 0.3 is 5.97 Å². The maximum Gasteiger partial charge on any atom is 0.338 e. The Kier molecular flexibility index (Phi) is 3.80. The van der Waals surface area contributed by atoms with Crippen LogP contribution < -0.4 is 0 Å². The van der Waals surface area contributed by atoms with Crippen LogP contribution in [0.15, 0.2) is 24.3 Å². The van der Waals surface area contributed by atoms with Gasteiger partial charge < -0.3 is 4.74 Å². The second-order valence-corrected chi connectivity index (χ2v) is 4.55. The number of aromatic nitrogens is 3. The molecule has 0 N–H and O–H groups in total. The lowest BCUT2D eigenvalue weighted by Gasteiger charge is -2.09. The van der Waals surface area contributed by atoms with Crippen LogP contribution in [0.25, 0.3) is 5.69 Å². The molecule has 2 rings (SSSR count). The number of carbonyl (C=O) groups excluding carboxylic acids is 1. The molecule has 0 spiro atoms. The van der Waals surface area contributed by atoms with Crippen molar-refractivity contribution in [2.75, 3.05) is 0 Å². The Balaban J connectivity index is 2.37. The van der Waals surface area contributed by atoms with Crippen LogP contribution >= 0.6 is 0 Å². The number of hydrogen-bond acceptors (Lipinski definition) is 5. The van der Waals surface area contributed by atoms with Gasteiger partial charge in [-0.3, -0.25) is 0 Å². The van der Waals surface area contributed by atoms with Gasteiger partial charge in [0, 0.05) is 0 Å². The third-order valence-electron chi connectivity index (χ3n) is 2.67. The molecule has 1 aromatic carbocycles. The van der Waals surface area contributed by atoms with Crippen molar-refractivity contribution < 1.29 is 9.53 Å². The molecule has 0 aliphatic heterocycles. The quantitative estimate of drug-likeness (QED) is 0.797. The zero-order valence-electron chi connectivity index (χ0n) is 11.5. The summed E-state index contributed by atoms with van der Waals surface area (Å²) in [5.74, 6) is -0.389. The zero-order valence-corrected chi connectivity index (χ0v) is 11.5. The fourth-order valence-electron chi connectivity index (χ4n) is 1.72. The van der Waals surface area contributed by atoms with Crippen molar-refractivity contribution in [1.82, 2.24) is 15.0 Å². The van der Waals surface area contributed by atoms with Crippen molar-refractivity contribution in [2.45, 2.75) is 26.9 Å². The molecular weight excluding hydrogens is 256 g/mol. The van der Waals surface area contributed by atoms with E-state index in [1.165, 1.54) is 4.68 Å². The Morgan fingerprint density at radius 3 is 2.80 bits per heavy atom. The van der Waals surface area contributed by atoms with E-state index in [4.69, 9.17) is 10.00 Å². The van der Waals surface area contributed by atoms with Crippen LogP contribution in [0, 0.1) is 18.3 Å². The highest BCUT2D eigenvalue weighted by molar-refractivity contribution is 5.90. The van der Waals surface area contributed by atoms with Crippen LogP contribution in [0.4, 0.5) is 0 Å². The van der Waals surface area contributed by atoms with Gasteiger partial charge in [0.05, 0.1) is 23.0 Å². The summed E-state index contributed by atoms with van der Waals surface area (Å²) in [7, 11) is 0. The molecule has 0 fully saturated rings. The standard InChI is InChI=1S/C14H14N4O2/c1-9(2)20-14(19)11-5-4-6-12(7-11)18-10(3)13(8-15)16-17-18/h4-7,9H,1-3H3. The molecule has 0 aliphatic rings. The average molecular weight is 270 g/mol. The first-order valence-electron chi connectivity index (χ1n) is 6.16. The van der Waals surface area contributed by atoms with E-state index in [0.29, 0.717) is 16.9 Å². The molecule has 2 aromatic rings. The summed E-state index contributed by atoms with van der Waals surface area (Å²) >= 11 is 0. The number of nitriles is 1. The number of carbonyl (C=O) groups is 1. The van der Waals surface area contributed by atoms with Crippen LogP contribution in [-0.4, -0.2) is 27.1 Å². The summed E-state index contributed by atoms with van der Waals surface area (Å²) < 4.78 is 6.67. The lowest BCUT2D eigenvalue weighted by molar-refractivity contribution is 0.0378. The van der Waals surface area contributed by atoms with E-state index in [9.17, 15) is 4.79 Å². The topological polar surface area (TPSA) is 80.8 Å². The molecular formula is C14H14N4O2. The molecule has 0 atom stereocenters. The summed E-state index contributed by atoms with van der Waals surface area (Å²) in [6, 6.07) is 8.82. The number of rotatable bonds is 3. The van der Waals surface area contributed by atoms with Crippen molar-refractivity contribution in [3.8, 4) is 11.8 Å². The number of nitrogens with zero attached hydrogens (tertiary/aromatic N) is 4. The Hall–Kier alpha value is -2.68. The molecule has 0 saturated carbocycles. The van der Waals surface area contributed by atoms with E-state index in [1.54, 1.807) is 45.0 Å². The minimum Gasteiger partial charge on any atom is -0.459 e. The lowest BCUT2D eigenvalue weighted by Crippen LogP contribution is -2.12. The zero-order chi connectivity index (χ0) is 14.7. The molecule has 6 heteroatoms. The average Bonchev–Trinajstić information content (AvgIpc) is 2.79. The fourth-order valence-corrected chi connectivity index (χ4v) is 1.72. The molecule has 0 amide bonds. The summed E-state index contributed by atoms with van der Waals surface area (Å²) in [5, 5.41) is 16.6. The van der Waals surface area contributed by atoms with Gasteiger partial charge in [0.25, 0.3) is 0 Å². The van der Waals surface area contributed by atoms with Crippen LogP contribution in [-0.2, 0) is 4.74 Å². The van der Waals surface area contributed by atoms with Crippen molar-refractivity contribution in [3.05, 3.63) is 41.2 Å². The van der Waals surface area contributed by atoms with E-state index < -0.39 is 0 Å². The van der Waals surface area contributed by atoms with E-state index >= 15 is 0 Å². The highest BCUT2D eigenvalue weighted by Gasteiger charge is 2.13. The molecule has 0 saturated heterocycles. The number of hydrogen-bond donors (Lipinski definition) is 0. The second kappa shape index (κ2) is 5.53. The first-order valence-corrected chi connectivity index (χ1v) is 6.16. The Morgan fingerprint density at radius 2 is 2.20 bits per heavy atom. The second-order valence-electron chi connectivity index (χ2n) is 4.55. The fraction of sp³-hybridized carbons (Fsp3) is 0.286. The maximum atomic E-state index is 11.9. The van der Waals surface area contributed by atoms with Crippen LogP contribution in [0.3, 0.4) is 0 Å². The Morgan fingerprint density at radius 1 is 1.45 bits per heavy atom. The maximum absolute atomic E-state index is 11.9. The minimum atomic E-state index is -0.389. The van der Waals surface area contributed by atoms with Gasteiger partial charge in [0.15, 0.2) is 5.69 Å². The summed E-state index contributed by atoms with van der Waals surface area (Å²) in [6.45, 7) is 5.34. The van der Waals surface area contributed by atoms with Crippen molar-refractivity contribution in [1.29, 1.82) is 5.26 Å². The molecule has 20 heavy (non-hydrogen) atoms. The normalized spacial score (nSPS) is 10.3. The first kappa shape index (κ1) is 13.7. The molecule has 1 heterocycles. The van der Waals surface area contributed by atoms with Crippen molar-refractivity contribution in [3.63, 3.8) is 0 Å². The SMILES string of the molecule is Cc1c(C#N)nnn1-c1cccc(C(=O)OC(C)C)c1. The summed E-state index contributed by atoms with van der Waals surface area (Å²) in [4.78, 5) is 11.9. The monoisotopic (exact) mass is 270 g/mol. The molecule has 6 nitrogen and oxygen atoms in total. The number of esters is 1. The third kappa shape index (κ3) is 2.67. The van der Waals surface area contributed by atoms with Crippen molar-refractivity contribution >= 4 is 5.97 Å². The van der Waals surface area contributed by atoms with Crippen LogP contribution in [0.1, 0.15) is 35.6 Å². The molecule has 0 bridgehead atoms. The van der Waals surface area contributed by atoms with E-state index in [1.807, 2.05) is 6.07 Å². The lowest BCUT2D eigenvalue weighted by atomic mass is 10.2. The highest BCUT2D eigenvalue weighted by atomic mass is 16.5. The molecule has 0 radical (unpaired) electrons. The highest BCUT2D eigenvalue weighted by Crippen LogP contribution is 2.14. The molecule has 0 unspecified atom stereocenters. The predicted octanol–water partition coefficient (Wildman–Crippen LogP) is 2.01. The van der Waals surface area contributed by atoms with Crippen molar-refractivity contribution in [2.24, 2.45) is 0 Å². The Bertz CT molecular complexity index is 683. The summed E-state index contributed by atoms with van der Waals surface area (Å²) in [6.07, 6.45) is -0.176. The van der Waals surface area contributed by atoms with Gasteiger partial charge in [-0.1, -0.05) is 11.3 Å². The van der Waals surface area contributed by atoms with E-state index in [2.05, 4.69) is 10.3 Å². The summed E-state index contributed by atoms with van der Waals surface area (Å²) in [5.41, 5.74) is 1.99. The predicted molar refractivity (Wildman–Crippen MR) is 71.4 cm³/mol. The van der Waals surface area contributed by atoms with Crippen LogP contribution in [0.2, 0.25) is 0 Å². The molecule has 1 aromatic heterocycles. The largest absolute Gasteiger partial charge is 0.459 e. The Labute approximate surface area is 116 Å². The van der Waals surface area contributed by atoms with Gasteiger partial charge in [-0.25, -0.2) is 9.48 Å². The van der Waals surface area contributed by atoms with Gasteiger partial charge in [-0.05, 0) is 39.0 Å². The van der Waals surface area contributed by atoms with Crippen LogP contribution in [0.5, 0.6) is 0 Å².